The van der Waals surface area contributed by atoms with Crippen molar-refractivity contribution in [2.24, 2.45) is 14.1 Å². The summed E-state index contributed by atoms with van der Waals surface area (Å²) in [6.07, 6.45) is 3.13. The minimum absolute atomic E-state index is 0.0268. The topological polar surface area (TPSA) is 137 Å². The first-order valence-corrected chi connectivity index (χ1v) is 10.7. The highest BCUT2D eigenvalue weighted by molar-refractivity contribution is 5.79. The number of pyridine rings is 1. The summed E-state index contributed by atoms with van der Waals surface area (Å²) in [4.78, 5) is 54.4. The van der Waals surface area contributed by atoms with Gasteiger partial charge in [0, 0.05) is 59.0 Å². The van der Waals surface area contributed by atoms with E-state index in [0.717, 1.165) is 15.9 Å². The van der Waals surface area contributed by atoms with Crippen LogP contribution < -0.4 is 16.1 Å². The predicted octanol–water partition coefficient (Wildman–Crippen LogP) is -0.464. The zero-order valence-corrected chi connectivity index (χ0v) is 19.0. The van der Waals surface area contributed by atoms with Crippen LogP contribution in [0.3, 0.4) is 0 Å². The van der Waals surface area contributed by atoms with Crippen LogP contribution in [-0.2, 0) is 25.4 Å². The second kappa shape index (κ2) is 8.24. The van der Waals surface area contributed by atoms with E-state index in [1.54, 1.807) is 25.1 Å². The summed E-state index contributed by atoms with van der Waals surface area (Å²) in [6, 6.07) is 3.79. The van der Waals surface area contributed by atoms with Crippen LogP contribution in [0, 0.1) is 6.92 Å². The lowest BCUT2D eigenvalue weighted by molar-refractivity contribution is -0.132. The molecule has 0 atom stereocenters. The van der Waals surface area contributed by atoms with Crippen molar-refractivity contribution in [3.63, 3.8) is 0 Å². The van der Waals surface area contributed by atoms with E-state index in [2.05, 4.69) is 25.0 Å². The van der Waals surface area contributed by atoms with E-state index in [-0.39, 0.29) is 23.6 Å². The monoisotopic (exact) mass is 465 g/mol. The first kappa shape index (κ1) is 21.6. The number of imidazole rings is 1. The normalized spacial score (nSPS) is 14.2. The summed E-state index contributed by atoms with van der Waals surface area (Å²) in [6.45, 7) is 4.00. The molecule has 0 aromatic carbocycles. The lowest BCUT2D eigenvalue weighted by Crippen LogP contribution is -2.50. The highest BCUT2D eigenvalue weighted by Crippen LogP contribution is 2.19. The molecule has 13 heteroatoms. The van der Waals surface area contributed by atoms with E-state index in [1.165, 1.54) is 22.5 Å². The van der Waals surface area contributed by atoms with Crippen LogP contribution in [0.25, 0.3) is 22.6 Å². The standard InChI is InChI=1S/C21H23N9O4/c1-13-24-18(25-34-13)14-4-5-15(22-10-14)28-6-8-29(9-7-28)16(31)11-30-12-23-19-17(30)20(32)27(3)21(33)26(19)2/h4-5,10,12H,6-9,11H2,1-3H3. The van der Waals surface area contributed by atoms with Gasteiger partial charge in [0.2, 0.25) is 17.6 Å². The average Bonchev–Trinajstić information content (AvgIpc) is 3.48. The van der Waals surface area contributed by atoms with E-state index in [9.17, 15) is 14.4 Å². The number of rotatable bonds is 4. The molecule has 5 rings (SSSR count). The quantitative estimate of drug-likeness (QED) is 0.392. The third-order valence-corrected chi connectivity index (χ3v) is 6.01. The number of anilines is 1. The summed E-state index contributed by atoms with van der Waals surface area (Å²) < 4.78 is 8.83. The molecule has 0 radical (unpaired) electrons. The van der Waals surface area contributed by atoms with Gasteiger partial charge in [0.05, 0.1) is 6.33 Å². The minimum atomic E-state index is -0.473. The summed E-state index contributed by atoms with van der Waals surface area (Å²) in [5.41, 5.74) is 0.331. The molecule has 0 spiro atoms. The SMILES string of the molecule is Cc1nc(-c2ccc(N3CCN(C(=O)Cn4cnc5c4c(=O)n(C)c(=O)n5C)CC3)nc2)no1. The van der Waals surface area contributed by atoms with Gasteiger partial charge >= 0.3 is 5.69 Å². The molecule has 0 unspecified atom stereocenters. The van der Waals surface area contributed by atoms with Crippen molar-refractivity contribution >= 4 is 22.9 Å². The second-order valence-electron chi connectivity index (χ2n) is 8.16. The zero-order chi connectivity index (χ0) is 24.0. The van der Waals surface area contributed by atoms with Gasteiger partial charge in [-0.2, -0.15) is 4.98 Å². The number of carbonyl (C=O) groups excluding carboxylic acids is 1. The molecule has 1 saturated heterocycles. The van der Waals surface area contributed by atoms with E-state index < -0.39 is 11.2 Å². The third-order valence-electron chi connectivity index (χ3n) is 6.01. The summed E-state index contributed by atoms with van der Waals surface area (Å²) in [5, 5.41) is 3.90. The van der Waals surface area contributed by atoms with Gasteiger partial charge in [-0.1, -0.05) is 5.16 Å². The van der Waals surface area contributed by atoms with Gasteiger partial charge in [-0.05, 0) is 12.1 Å². The molecule has 0 aliphatic carbocycles. The van der Waals surface area contributed by atoms with Crippen LogP contribution in [0.5, 0.6) is 0 Å². The molecule has 176 valence electrons. The maximum absolute atomic E-state index is 12.9. The van der Waals surface area contributed by atoms with Crippen molar-refractivity contribution < 1.29 is 9.32 Å². The van der Waals surface area contributed by atoms with E-state index in [1.807, 2.05) is 12.1 Å². The number of fused-ring (bicyclic) bond motifs is 1. The molecule has 0 saturated carbocycles. The van der Waals surface area contributed by atoms with Crippen molar-refractivity contribution in [1.82, 2.24) is 38.7 Å². The fourth-order valence-corrected chi connectivity index (χ4v) is 4.07. The van der Waals surface area contributed by atoms with Crippen LogP contribution in [0.15, 0.2) is 38.8 Å². The molecule has 4 aromatic heterocycles. The molecule has 34 heavy (non-hydrogen) atoms. The third kappa shape index (κ3) is 3.64. The molecule has 1 fully saturated rings. The van der Waals surface area contributed by atoms with Gasteiger partial charge < -0.3 is 18.9 Å². The molecule has 4 aromatic rings. The number of piperazine rings is 1. The van der Waals surface area contributed by atoms with Crippen molar-refractivity contribution in [2.45, 2.75) is 13.5 Å². The van der Waals surface area contributed by atoms with Crippen LogP contribution in [0.1, 0.15) is 5.89 Å². The largest absolute Gasteiger partial charge is 0.353 e. The lowest BCUT2D eigenvalue weighted by Gasteiger charge is -2.35. The maximum Gasteiger partial charge on any atom is 0.332 e. The Hall–Kier alpha value is -4.29. The van der Waals surface area contributed by atoms with Crippen molar-refractivity contribution in [2.75, 3.05) is 31.1 Å². The molecular formula is C21H23N9O4. The minimum Gasteiger partial charge on any atom is -0.353 e. The average molecular weight is 465 g/mol. The Bertz CT molecular complexity index is 1490. The number of amides is 1. The van der Waals surface area contributed by atoms with Gasteiger partial charge in [0.25, 0.3) is 5.56 Å². The fraction of sp³-hybridized carbons (Fsp3) is 0.381. The molecule has 13 nitrogen and oxygen atoms in total. The lowest BCUT2D eigenvalue weighted by atomic mass is 10.2. The van der Waals surface area contributed by atoms with Gasteiger partial charge in [-0.25, -0.2) is 14.8 Å². The number of aromatic nitrogens is 7. The van der Waals surface area contributed by atoms with Gasteiger partial charge in [-0.3, -0.25) is 18.7 Å². The molecule has 1 aliphatic heterocycles. The van der Waals surface area contributed by atoms with Crippen molar-refractivity contribution in [1.29, 1.82) is 0 Å². The zero-order valence-electron chi connectivity index (χ0n) is 19.0. The Balaban J connectivity index is 1.25. The van der Waals surface area contributed by atoms with Crippen LogP contribution in [-0.4, -0.2) is 70.8 Å². The number of hydrogen-bond acceptors (Lipinski definition) is 9. The van der Waals surface area contributed by atoms with Crippen LogP contribution in [0.4, 0.5) is 5.82 Å². The van der Waals surface area contributed by atoms with Crippen molar-refractivity contribution in [3.05, 3.63) is 51.4 Å². The van der Waals surface area contributed by atoms with Crippen LogP contribution in [0.2, 0.25) is 0 Å². The summed E-state index contributed by atoms with van der Waals surface area (Å²) in [7, 11) is 2.96. The van der Waals surface area contributed by atoms with Gasteiger partial charge in [0.1, 0.15) is 12.4 Å². The molecule has 0 bridgehead atoms. The van der Waals surface area contributed by atoms with Crippen molar-refractivity contribution in [3.8, 4) is 11.4 Å². The smallest absolute Gasteiger partial charge is 0.332 e. The van der Waals surface area contributed by atoms with E-state index in [4.69, 9.17) is 4.52 Å². The highest BCUT2D eigenvalue weighted by Gasteiger charge is 2.24. The molecule has 1 aliphatic rings. The summed E-state index contributed by atoms with van der Waals surface area (Å²) >= 11 is 0. The van der Waals surface area contributed by atoms with Gasteiger partial charge in [-0.15, -0.1) is 0 Å². The second-order valence-corrected chi connectivity index (χ2v) is 8.16. The summed E-state index contributed by atoms with van der Waals surface area (Å²) in [5.74, 6) is 1.67. The molecular weight excluding hydrogens is 442 g/mol. The number of nitrogens with zero attached hydrogens (tertiary/aromatic N) is 9. The number of carbonyl (C=O) groups is 1. The Morgan fingerprint density at radius 3 is 2.47 bits per heavy atom. The van der Waals surface area contributed by atoms with E-state index in [0.29, 0.717) is 37.9 Å². The predicted molar refractivity (Wildman–Crippen MR) is 121 cm³/mol. The first-order valence-electron chi connectivity index (χ1n) is 10.7. The first-order chi connectivity index (χ1) is 16.3. The Morgan fingerprint density at radius 2 is 1.82 bits per heavy atom. The fourth-order valence-electron chi connectivity index (χ4n) is 4.07. The molecule has 0 N–H and O–H groups in total. The maximum atomic E-state index is 12.9. The highest BCUT2D eigenvalue weighted by atomic mass is 16.5. The van der Waals surface area contributed by atoms with Crippen LogP contribution >= 0.6 is 0 Å². The van der Waals surface area contributed by atoms with Gasteiger partial charge in [0.15, 0.2) is 11.2 Å². The van der Waals surface area contributed by atoms with E-state index >= 15 is 0 Å². The number of aryl methyl sites for hydroxylation is 2. The molecule has 5 heterocycles. The number of hydrogen-bond donors (Lipinski definition) is 0. The Labute approximate surface area is 192 Å². The Kier molecular flexibility index (Phi) is 5.23. The Morgan fingerprint density at radius 1 is 1.06 bits per heavy atom. The molecule has 1 amide bonds.